The van der Waals surface area contributed by atoms with Gasteiger partial charge in [0.05, 0.1) is 27.0 Å². The predicted molar refractivity (Wildman–Crippen MR) is 118 cm³/mol. The zero-order valence-corrected chi connectivity index (χ0v) is 18.6. The molecule has 3 rings (SSSR count). The van der Waals surface area contributed by atoms with Gasteiger partial charge in [0.1, 0.15) is 17.1 Å². The Morgan fingerprint density at radius 1 is 1.07 bits per heavy atom. The highest BCUT2D eigenvalue weighted by atomic mass is 79.9. The Labute approximate surface area is 186 Å². The molecule has 1 aliphatic heterocycles. The first-order valence-corrected chi connectivity index (χ1v) is 9.70. The van der Waals surface area contributed by atoms with Gasteiger partial charge in [-0.2, -0.15) is 0 Å². The van der Waals surface area contributed by atoms with Gasteiger partial charge in [-0.1, -0.05) is 15.9 Å². The Morgan fingerprint density at radius 2 is 1.77 bits per heavy atom. The average Bonchev–Trinajstić information content (AvgIpc) is 2.72. The molecular formula is C20H17BrN2O6S. The highest BCUT2D eigenvalue weighted by Gasteiger charge is 2.36. The molecule has 156 valence electrons. The van der Waals surface area contributed by atoms with Crippen LogP contribution < -0.4 is 24.4 Å². The van der Waals surface area contributed by atoms with Gasteiger partial charge >= 0.3 is 0 Å². The van der Waals surface area contributed by atoms with E-state index in [1.807, 2.05) is 0 Å². The van der Waals surface area contributed by atoms with Gasteiger partial charge in [0, 0.05) is 10.5 Å². The molecule has 0 aliphatic carbocycles. The predicted octanol–water partition coefficient (Wildman–Crippen LogP) is 3.01. The number of carbonyl (C=O) groups is 2. The molecule has 1 aliphatic rings. The van der Waals surface area contributed by atoms with E-state index in [-0.39, 0.29) is 22.2 Å². The maximum atomic E-state index is 13.2. The Bertz CT molecular complexity index is 1090. The lowest BCUT2D eigenvalue weighted by molar-refractivity contribution is -0.122. The number of ether oxygens (including phenoxy) is 3. The van der Waals surface area contributed by atoms with Crippen LogP contribution in [0.15, 0.2) is 40.4 Å². The minimum absolute atomic E-state index is 0.0760. The van der Waals surface area contributed by atoms with Gasteiger partial charge in [-0.15, -0.1) is 0 Å². The third kappa shape index (κ3) is 3.96. The molecule has 2 amide bonds. The molecule has 0 unspecified atom stereocenters. The molecule has 2 aromatic rings. The van der Waals surface area contributed by atoms with Crippen molar-refractivity contribution >= 4 is 56.8 Å². The summed E-state index contributed by atoms with van der Waals surface area (Å²) >= 11 is 8.54. The van der Waals surface area contributed by atoms with Gasteiger partial charge in [-0.05, 0) is 48.1 Å². The number of hydrogen-bond donors (Lipinski definition) is 2. The van der Waals surface area contributed by atoms with Gasteiger partial charge in [0.15, 0.2) is 16.6 Å². The number of nitrogens with zero attached hydrogens (tertiary/aromatic N) is 1. The number of aromatic hydroxyl groups is 1. The number of methoxy groups -OCH3 is 3. The highest BCUT2D eigenvalue weighted by molar-refractivity contribution is 9.10. The number of nitrogens with one attached hydrogen (secondary N) is 1. The van der Waals surface area contributed by atoms with E-state index in [1.54, 1.807) is 18.2 Å². The molecule has 8 nitrogen and oxygen atoms in total. The van der Waals surface area contributed by atoms with E-state index in [0.29, 0.717) is 27.2 Å². The largest absolute Gasteiger partial charge is 0.504 e. The van der Waals surface area contributed by atoms with Crippen LogP contribution in [0.3, 0.4) is 0 Å². The van der Waals surface area contributed by atoms with Gasteiger partial charge in [-0.25, -0.2) is 4.90 Å². The number of halogens is 1. The summed E-state index contributed by atoms with van der Waals surface area (Å²) in [5, 5.41) is 12.3. The number of carbonyl (C=O) groups excluding carboxylic acids is 2. The molecular weight excluding hydrogens is 476 g/mol. The summed E-state index contributed by atoms with van der Waals surface area (Å²) < 4.78 is 16.1. The maximum Gasteiger partial charge on any atom is 0.270 e. The van der Waals surface area contributed by atoms with Gasteiger partial charge < -0.3 is 19.3 Å². The number of benzene rings is 2. The van der Waals surface area contributed by atoms with E-state index in [9.17, 15) is 14.7 Å². The number of thiocarbonyl (C=S) groups is 1. The quantitative estimate of drug-likeness (QED) is 0.376. The third-order valence-corrected chi connectivity index (χ3v) is 5.30. The van der Waals surface area contributed by atoms with E-state index >= 15 is 0 Å². The summed E-state index contributed by atoms with van der Waals surface area (Å²) in [4.78, 5) is 26.9. The van der Waals surface area contributed by atoms with Crippen LogP contribution in [0, 0.1) is 0 Å². The summed E-state index contributed by atoms with van der Waals surface area (Å²) in [5.74, 6) is -0.299. The summed E-state index contributed by atoms with van der Waals surface area (Å²) in [7, 11) is 4.36. The number of phenols is 1. The number of hydrogen-bond acceptors (Lipinski definition) is 7. The number of phenolic OH excluding ortho intramolecular Hbond substituents is 1. The van der Waals surface area contributed by atoms with Gasteiger partial charge in [0.2, 0.25) is 0 Å². The zero-order valence-electron chi connectivity index (χ0n) is 16.2. The summed E-state index contributed by atoms with van der Waals surface area (Å²) in [6.07, 6.45) is 1.38. The normalized spacial score (nSPS) is 15.3. The topological polar surface area (TPSA) is 97.3 Å². The molecule has 1 heterocycles. The Balaban J connectivity index is 2.09. The number of anilines is 1. The third-order valence-electron chi connectivity index (χ3n) is 4.33. The number of amides is 2. The molecule has 0 bridgehead atoms. The second-order valence-electron chi connectivity index (χ2n) is 6.04. The first-order chi connectivity index (χ1) is 14.3. The van der Waals surface area contributed by atoms with E-state index < -0.39 is 11.8 Å². The standard InChI is InChI=1S/C20H17BrN2O6S/c1-27-11-4-5-14(16(8-11)28-2)23-19(26)12(18(25)22-20(23)30)6-10-7-17(29-3)15(24)9-13(10)21/h4-9,24H,1-3H3,(H,22,25,30)/b12-6+. The molecule has 1 saturated heterocycles. The zero-order chi connectivity index (χ0) is 22.0. The molecule has 2 aromatic carbocycles. The van der Waals surface area contributed by atoms with Crippen LogP contribution in [-0.4, -0.2) is 43.4 Å². The molecule has 10 heteroatoms. The first kappa shape index (κ1) is 21.6. The second kappa shape index (κ2) is 8.72. The van der Waals surface area contributed by atoms with Crippen LogP contribution in [0.4, 0.5) is 5.69 Å². The highest BCUT2D eigenvalue weighted by Crippen LogP contribution is 2.36. The Morgan fingerprint density at radius 3 is 2.40 bits per heavy atom. The van der Waals surface area contributed by atoms with Crippen molar-refractivity contribution in [3.63, 3.8) is 0 Å². The first-order valence-electron chi connectivity index (χ1n) is 8.50. The average molecular weight is 493 g/mol. The molecule has 1 fully saturated rings. The minimum Gasteiger partial charge on any atom is -0.504 e. The lowest BCUT2D eigenvalue weighted by Gasteiger charge is -2.30. The Hall–Kier alpha value is -3.11. The molecule has 2 N–H and O–H groups in total. The van der Waals surface area contributed by atoms with Crippen molar-refractivity contribution in [2.45, 2.75) is 0 Å². The monoisotopic (exact) mass is 492 g/mol. The molecule has 0 aromatic heterocycles. The van der Waals surface area contributed by atoms with Gasteiger partial charge in [-0.3, -0.25) is 14.9 Å². The van der Waals surface area contributed by atoms with Crippen molar-refractivity contribution in [3.8, 4) is 23.0 Å². The van der Waals surface area contributed by atoms with E-state index in [1.165, 1.54) is 44.4 Å². The van der Waals surface area contributed by atoms with E-state index in [2.05, 4.69) is 21.2 Å². The molecule has 30 heavy (non-hydrogen) atoms. The fourth-order valence-corrected chi connectivity index (χ4v) is 3.55. The summed E-state index contributed by atoms with van der Waals surface area (Å²) in [5.41, 5.74) is 0.647. The summed E-state index contributed by atoms with van der Waals surface area (Å²) in [6.45, 7) is 0. The maximum absolute atomic E-state index is 13.2. The van der Waals surface area contributed by atoms with Gasteiger partial charge in [0.25, 0.3) is 11.8 Å². The van der Waals surface area contributed by atoms with Crippen LogP contribution in [0.2, 0.25) is 0 Å². The fraction of sp³-hybridized carbons (Fsp3) is 0.150. The van der Waals surface area contributed by atoms with Crippen LogP contribution in [0.5, 0.6) is 23.0 Å². The second-order valence-corrected chi connectivity index (χ2v) is 7.28. The minimum atomic E-state index is -0.646. The van der Waals surface area contributed by atoms with Crippen molar-refractivity contribution in [1.29, 1.82) is 0 Å². The summed E-state index contributed by atoms with van der Waals surface area (Å²) in [6, 6.07) is 7.77. The van der Waals surface area contributed by atoms with Crippen LogP contribution >= 0.6 is 28.1 Å². The SMILES string of the molecule is COc1ccc(N2C(=O)/C(=C/c3cc(OC)c(O)cc3Br)C(=O)NC2=S)c(OC)c1. The lowest BCUT2D eigenvalue weighted by atomic mass is 10.1. The number of rotatable bonds is 5. The molecule has 0 saturated carbocycles. The Kier molecular flexibility index (Phi) is 6.28. The van der Waals surface area contributed by atoms with Crippen molar-refractivity contribution < 1.29 is 28.9 Å². The van der Waals surface area contributed by atoms with E-state index in [0.717, 1.165) is 0 Å². The molecule has 0 spiro atoms. The van der Waals surface area contributed by atoms with Crippen LogP contribution in [-0.2, 0) is 9.59 Å². The fourth-order valence-electron chi connectivity index (χ4n) is 2.83. The van der Waals surface area contributed by atoms with Crippen molar-refractivity contribution in [2.24, 2.45) is 0 Å². The molecule has 0 atom stereocenters. The van der Waals surface area contributed by atoms with Crippen LogP contribution in [0.25, 0.3) is 6.08 Å². The van der Waals surface area contributed by atoms with Crippen molar-refractivity contribution in [2.75, 3.05) is 26.2 Å². The van der Waals surface area contributed by atoms with Crippen LogP contribution in [0.1, 0.15) is 5.56 Å². The van der Waals surface area contributed by atoms with Crippen molar-refractivity contribution in [3.05, 3.63) is 45.9 Å². The lowest BCUT2D eigenvalue weighted by Crippen LogP contribution is -2.54. The smallest absolute Gasteiger partial charge is 0.270 e. The molecule has 0 radical (unpaired) electrons. The van der Waals surface area contributed by atoms with Crippen molar-refractivity contribution in [1.82, 2.24) is 5.32 Å². The van der Waals surface area contributed by atoms with E-state index in [4.69, 9.17) is 26.4 Å².